The van der Waals surface area contributed by atoms with Gasteiger partial charge >= 0.3 is 0 Å². The van der Waals surface area contributed by atoms with E-state index < -0.39 is 30.8 Å². The lowest BCUT2D eigenvalue weighted by atomic mass is 10.1. The fourth-order valence-electron chi connectivity index (χ4n) is 2.16. The SMILES string of the molecule is CC(=O)Nc1ccc(C)c(NC(=O)C2CC(F)(F)CN2)c1.Cl. The van der Waals surface area contributed by atoms with Crippen LogP contribution in [0.5, 0.6) is 0 Å². The van der Waals surface area contributed by atoms with Crippen LogP contribution in [0.4, 0.5) is 20.2 Å². The van der Waals surface area contributed by atoms with Gasteiger partial charge in [-0.1, -0.05) is 6.07 Å². The van der Waals surface area contributed by atoms with Crippen LogP contribution in [-0.4, -0.2) is 30.3 Å². The fraction of sp³-hybridized carbons (Fsp3) is 0.429. The Morgan fingerprint density at radius 3 is 2.55 bits per heavy atom. The van der Waals surface area contributed by atoms with Gasteiger partial charge in [-0.2, -0.15) is 0 Å². The molecule has 3 N–H and O–H groups in total. The molecule has 1 unspecified atom stereocenters. The molecular weight excluding hydrogens is 316 g/mol. The molecule has 2 amide bonds. The first kappa shape index (κ1) is 18.3. The Kier molecular flexibility index (Phi) is 5.85. The molecule has 0 bridgehead atoms. The van der Waals surface area contributed by atoms with Gasteiger partial charge in [0, 0.05) is 24.7 Å². The number of amides is 2. The maximum absolute atomic E-state index is 13.1. The van der Waals surface area contributed by atoms with E-state index in [1.54, 1.807) is 25.1 Å². The highest BCUT2D eigenvalue weighted by Crippen LogP contribution is 2.26. The molecule has 0 aliphatic carbocycles. The first-order valence-corrected chi connectivity index (χ1v) is 6.57. The summed E-state index contributed by atoms with van der Waals surface area (Å²) in [5, 5.41) is 7.72. The van der Waals surface area contributed by atoms with E-state index in [-0.39, 0.29) is 18.3 Å². The molecule has 1 aliphatic heterocycles. The second kappa shape index (κ2) is 7.02. The van der Waals surface area contributed by atoms with Gasteiger partial charge in [-0.05, 0) is 24.6 Å². The molecule has 1 heterocycles. The molecule has 22 heavy (non-hydrogen) atoms. The Labute approximate surface area is 133 Å². The fourth-order valence-corrected chi connectivity index (χ4v) is 2.16. The van der Waals surface area contributed by atoms with Crippen LogP contribution in [0.15, 0.2) is 18.2 Å². The molecule has 2 rings (SSSR count). The van der Waals surface area contributed by atoms with Crippen molar-refractivity contribution in [1.29, 1.82) is 0 Å². The van der Waals surface area contributed by atoms with Gasteiger partial charge in [0.2, 0.25) is 11.8 Å². The summed E-state index contributed by atoms with van der Waals surface area (Å²) in [7, 11) is 0. The average molecular weight is 334 g/mol. The summed E-state index contributed by atoms with van der Waals surface area (Å²) >= 11 is 0. The van der Waals surface area contributed by atoms with Gasteiger partial charge in [0.15, 0.2) is 0 Å². The van der Waals surface area contributed by atoms with Crippen LogP contribution in [-0.2, 0) is 9.59 Å². The molecule has 122 valence electrons. The average Bonchev–Trinajstić information content (AvgIpc) is 2.73. The number of carbonyl (C=O) groups is 2. The van der Waals surface area contributed by atoms with E-state index >= 15 is 0 Å². The summed E-state index contributed by atoms with van der Waals surface area (Å²) in [5.74, 6) is -3.58. The number of hydrogen-bond donors (Lipinski definition) is 3. The van der Waals surface area contributed by atoms with Crippen LogP contribution in [0.3, 0.4) is 0 Å². The minimum absolute atomic E-state index is 0. The molecular formula is C14H18ClF2N3O2. The van der Waals surface area contributed by atoms with Crippen molar-refractivity contribution in [2.24, 2.45) is 0 Å². The molecule has 8 heteroatoms. The van der Waals surface area contributed by atoms with Crippen molar-refractivity contribution in [2.75, 3.05) is 17.2 Å². The Balaban J connectivity index is 0.00000242. The first-order valence-electron chi connectivity index (χ1n) is 6.57. The summed E-state index contributed by atoms with van der Waals surface area (Å²) in [4.78, 5) is 23.0. The Bertz CT molecular complexity index is 581. The highest BCUT2D eigenvalue weighted by atomic mass is 35.5. The van der Waals surface area contributed by atoms with E-state index in [9.17, 15) is 18.4 Å². The van der Waals surface area contributed by atoms with Crippen LogP contribution in [0.2, 0.25) is 0 Å². The monoisotopic (exact) mass is 333 g/mol. The summed E-state index contributed by atoms with van der Waals surface area (Å²) in [6.07, 6.45) is -0.511. The maximum atomic E-state index is 13.1. The minimum atomic E-state index is -2.85. The molecule has 0 spiro atoms. The van der Waals surface area contributed by atoms with Crippen LogP contribution in [0, 0.1) is 6.92 Å². The normalized spacial score (nSPS) is 19.2. The van der Waals surface area contributed by atoms with Crippen LogP contribution >= 0.6 is 12.4 Å². The van der Waals surface area contributed by atoms with Gasteiger partial charge < -0.3 is 10.6 Å². The maximum Gasteiger partial charge on any atom is 0.262 e. The van der Waals surface area contributed by atoms with Gasteiger partial charge in [0.05, 0.1) is 12.6 Å². The Morgan fingerprint density at radius 1 is 1.32 bits per heavy atom. The van der Waals surface area contributed by atoms with Gasteiger partial charge in [-0.15, -0.1) is 12.4 Å². The summed E-state index contributed by atoms with van der Waals surface area (Å²) in [5.41, 5.74) is 1.80. The third-order valence-electron chi connectivity index (χ3n) is 3.24. The van der Waals surface area contributed by atoms with E-state index in [4.69, 9.17) is 0 Å². The van der Waals surface area contributed by atoms with Crippen molar-refractivity contribution in [3.8, 4) is 0 Å². The molecule has 0 radical (unpaired) electrons. The quantitative estimate of drug-likeness (QED) is 0.795. The first-order chi connectivity index (χ1) is 9.77. The second-order valence-electron chi connectivity index (χ2n) is 5.19. The van der Waals surface area contributed by atoms with Crippen molar-refractivity contribution in [3.63, 3.8) is 0 Å². The molecule has 0 aromatic heterocycles. The van der Waals surface area contributed by atoms with Crippen molar-refractivity contribution in [2.45, 2.75) is 32.2 Å². The Hall–Kier alpha value is -1.73. The second-order valence-corrected chi connectivity index (χ2v) is 5.19. The third-order valence-corrected chi connectivity index (χ3v) is 3.24. The van der Waals surface area contributed by atoms with Crippen molar-refractivity contribution in [1.82, 2.24) is 5.32 Å². The standard InChI is InChI=1S/C14H17F2N3O2.ClH/c1-8-3-4-10(18-9(2)20)5-11(8)19-13(21)12-6-14(15,16)7-17-12;/h3-5,12,17H,6-7H2,1-2H3,(H,18,20)(H,19,21);1H. The van der Waals surface area contributed by atoms with E-state index in [1.165, 1.54) is 6.92 Å². The van der Waals surface area contributed by atoms with Gasteiger partial charge in [-0.3, -0.25) is 14.9 Å². The number of anilines is 2. The number of benzene rings is 1. The summed E-state index contributed by atoms with van der Waals surface area (Å²) < 4.78 is 26.2. The Morgan fingerprint density at radius 2 is 2.00 bits per heavy atom. The van der Waals surface area contributed by atoms with Crippen molar-refractivity contribution in [3.05, 3.63) is 23.8 Å². The zero-order valence-corrected chi connectivity index (χ0v) is 13.0. The van der Waals surface area contributed by atoms with E-state index in [0.717, 1.165) is 5.56 Å². The number of nitrogens with one attached hydrogen (secondary N) is 3. The highest BCUT2D eigenvalue weighted by molar-refractivity contribution is 5.97. The van der Waals surface area contributed by atoms with E-state index in [1.807, 2.05) is 0 Å². The van der Waals surface area contributed by atoms with Gasteiger partial charge in [0.1, 0.15) is 0 Å². The predicted octanol–water partition coefficient (Wildman–Crippen LogP) is 2.31. The number of halogens is 3. The molecule has 1 aromatic carbocycles. The zero-order valence-electron chi connectivity index (χ0n) is 12.2. The lowest BCUT2D eigenvalue weighted by molar-refractivity contribution is -0.118. The molecule has 1 fully saturated rings. The zero-order chi connectivity index (χ0) is 15.6. The van der Waals surface area contributed by atoms with E-state index in [0.29, 0.717) is 11.4 Å². The lowest BCUT2D eigenvalue weighted by Gasteiger charge is -2.14. The number of carbonyl (C=O) groups excluding carboxylic acids is 2. The predicted molar refractivity (Wildman–Crippen MR) is 82.7 cm³/mol. The largest absolute Gasteiger partial charge is 0.326 e. The van der Waals surface area contributed by atoms with Crippen molar-refractivity contribution < 1.29 is 18.4 Å². The third kappa shape index (κ3) is 4.64. The number of alkyl halides is 2. The smallest absolute Gasteiger partial charge is 0.262 e. The lowest BCUT2D eigenvalue weighted by Crippen LogP contribution is -2.35. The van der Waals surface area contributed by atoms with Crippen LogP contribution < -0.4 is 16.0 Å². The van der Waals surface area contributed by atoms with Gasteiger partial charge in [0.25, 0.3) is 5.92 Å². The number of aryl methyl sites for hydroxylation is 1. The highest BCUT2D eigenvalue weighted by Gasteiger charge is 2.42. The summed E-state index contributed by atoms with van der Waals surface area (Å²) in [6.45, 7) is 2.67. The molecule has 5 nitrogen and oxygen atoms in total. The molecule has 1 aromatic rings. The van der Waals surface area contributed by atoms with Crippen molar-refractivity contribution >= 4 is 35.6 Å². The number of hydrogen-bond acceptors (Lipinski definition) is 3. The van der Waals surface area contributed by atoms with Gasteiger partial charge in [-0.25, -0.2) is 8.78 Å². The molecule has 1 saturated heterocycles. The minimum Gasteiger partial charge on any atom is -0.326 e. The number of rotatable bonds is 3. The molecule has 1 aliphatic rings. The summed E-state index contributed by atoms with van der Waals surface area (Å²) in [6, 6.07) is 4.12. The van der Waals surface area contributed by atoms with Crippen LogP contribution in [0.1, 0.15) is 18.9 Å². The van der Waals surface area contributed by atoms with Crippen LogP contribution in [0.25, 0.3) is 0 Å². The molecule has 0 saturated carbocycles. The topological polar surface area (TPSA) is 70.2 Å². The van der Waals surface area contributed by atoms with E-state index in [2.05, 4.69) is 16.0 Å². The molecule has 1 atom stereocenters.